The Kier molecular flexibility index (Phi) is 6.52. The zero-order chi connectivity index (χ0) is 21.9. The van der Waals surface area contributed by atoms with Gasteiger partial charge in [-0.25, -0.2) is 4.98 Å². The van der Waals surface area contributed by atoms with Crippen LogP contribution < -0.4 is 5.56 Å². The topological polar surface area (TPSA) is 76.8 Å². The smallest absolute Gasteiger partial charge is 0.416 e. The largest absolute Gasteiger partial charge is 0.465 e. The predicted octanol–water partition coefficient (Wildman–Crippen LogP) is 3.04. The molecule has 3 aromatic rings. The first kappa shape index (κ1) is 21.9. The Hall–Kier alpha value is -2.79. The van der Waals surface area contributed by atoms with E-state index < -0.39 is 17.7 Å². The molecule has 30 heavy (non-hydrogen) atoms. The van der Waals surface area contributed by atoms with Crippen LogP contribution in [-0.4, -0.2) is 38.6 Å². The number of carbonyl (C=O) groups excluding carboxylic acids is 1. The number of aromatic nitrogens is 3. The minimum atomic E-state index is -4.42. The van der Waals surface area contributed by atoms with E-state index in [0.717, 1.165) is 12.1 Å². The minimum Gasteiger partial charge on any atom is -0.465 e. The fourth-order valence-electron chi connectivity index (χ4n) is 2.88. The average molecular weight is 440 g/mol. The van der Waals surface area contributed by atoms with Crippen molar-refractivity contribution in [3.8, 4) is 0 Å². The number of esters is 1. The van der Waals surface area contributed by atoms with E-state index in [0.29, 0.717) is 21.2 Å². The fourth-order valence-corrected chi connectivity index (χ4v) is 3.64. The molecule has 0 radical (unpaired) electrons. The van der Waals surface area contributed by atoms with E-state index in [1.54, 1.807) is 18.7 Å². The van der Waals surface area contributed by atoms with Gasteiger partial charge in [0, 0.05) is 19.2 Å². The van der Waals surface area contributed by atoms with E-state index in [-0.39, 0.29) is 31.8 Å². The molecular formula is C19H19F3N4O3S. The third-order valence-electron chi connectivity index (χ3n) is 4.13. The Morgan fingerprint density at radius 3 is 2.57 bits per heavy atom. The second-order valence-electron chi connectivity index (χ2n) is 6.55. The number of hydrogen-bond acceptors (Lipinski definition) is 7. The van der Waals surface area contributed by atoms with Crippen molar-refractivity contribution >= 4 is 22.3 Å². The van der Waals surface area contributed by atoms with Crippen LogP contribution in [0.25, 0.3) is 4.96 Å². The SMILES string of the molecule is CCOC(=O)CN(Cc1ccc(C(F)(F)F)cc1)Cc1cc(=O)n2nc(C)sc2n1. The van der Waals surface area contributed by atoms with Crippen molar-refractivity contribution in [2.75, 3.05) is 13.2 Å². The Balaban J connectivity index is 1.83. The lowest BCUT2D eigenvalue weighted by molar-refractivity contribution is -0.144. The van der Waals surface area contributed by atoms with Crippen LogP contribution in [0, 0.1) is 6.92 Å². The van der Waals surface area contributed by atoms with Crippen LogP contribution >= 0.6 is 11.3 Å². The predicted molar refractivity (Wildman–Crippen MR) is 104 cm³/mol. The molecule has 0 spiro atoms. The molecule has 11 heteroatoms. The third-order valence-corrected chi connectivity index (χ3v) is 4.95. The quantitative estimate of drug-likeness (QED) is 0.526. The van der Waals surface area contributed by atoms with Crippen LogP contribution in [0.15, 0.2) is 35.1 Å². The Morgan fingerprint density at radius 1 is 1.23 bits per heavy atom. The molecule has 0 fully saturated rings. The summed E-state index contributed by atoms with van der Waals surface area (Å²) in [6.45, 7) is 3.87. The van der Waals surface area contributed by atoms with Gasteiger partial charge in [-0.2, -0.15) is 22.8 Å². The maximum absolute atomic E-state index is 12.8. The first-order valence-electron chi connectivity index (χ1n) is 9.06. The highest BCUT2D eigenvalue weighted by atomic mass is 32.1. The van der Waals surface area contributed by atoms with Crippen molar-refractivity contribution in [1.29, 1.82) is 0 Å². The van der Waals surface area contributed by atoms with E-state index >= 15 is 0 Å². The molecule has 160 valence electrons. The number of alkyl halides is 3. The van der Waals surface area contributed by atoms with Crippen molar-refractivity contribution in [1.82, 2.24) is 19.5 Å². The molecule has 0 aliphatic carbocycles. The highest BCUT2D eigenvalue weighted by Gasteiger charge is 2.30. The molecule has 0 aliphatic heterocycles. The van der Waals surface area contributed by atoms with Crippen LogP contribution in [-0.2, 0) is 28.8 Å². The number of benzene rings is 1. The number of nitrogens with zero attached hydrogens (tertiary/aromatic N) is 4. The van der Waals surface area contributed by atoms with Crippen LogP contribution in [0.2, 0.25) is 0 Å². The maximum atomic E-state index is 12.8. The van der Waals surface area contributed by atoms with Gasteiger partial charge in [0.15, 0.2) is 0 Å². The second kappa shape index (κ2) is 8.92. The molecule has 0 N–H and O–H groups in total. The molecule has 0 amide bonds. The number of rotatable bonds is 7. The highest BCUT2D eigenvalue weighted by molar-refractivity contribution is 7.16. The summed E-state index contributed by atoms with van der Waals surface area (Å²) in [6.07, 6.45) is -4.42. The van der Waals surface area contributed by atoms with Crippen molar-refractivity contribution < 1.29 is 22.7 Å². The van der Waals surface area contributed by atoms with Gasteiger partial charge in [0.1, 0.15) is 5.01 Å². The standard InChI is InChI=1S/C19H19F3N4O3S/c1-3-29-17(28)11-25(9-13-4-6-14(7-5-13)19(20,21)22)10-15-8-16(27)26-18(23-15)30-12(2)24-26/h4-8H,3,9-11H2,1-2H3. The molecule has 0 saturated heterocycles. The summed E-state index contributed by atoms with van der Waals surface area (Å²) in [5.41, 5.74) is -0.0764. The zero-order valence-corrected chi connectivity index (χ0v) is 17.1. The Labute approximate surface area is 173 Å². The normalized spacial score (nSPS) is 11.9. The molecule has 0 saturated carbocycles. The first-order valence-corrected chi connectivity index (χ1v) is 9.88. The van der Waals surface area contributed by atoms with Crippen molar-refractivity contribution in [3.05, 3.63) is 62.5 Å². The number of halogens is 3. The van der Waals surface area contributed by atoms with Gasteiger partial charge in [-0.05, 0) is 31.5 Å². The molecule has 1 aromatic carbocycles. The van der Waals surface area contributed by atoms with Crippen LogP contribution in [0.3, 0.4) is 0 Å². The minimum absolute atomic E-state index is 0.0996. The van der Waals surface area contributed by atoms with E-state index in [9.17, 15) is 22.8 Å². The molecule has 0 bridgehead atoms. The van der Waals surface area contributed by atoms with Gasteiger partial charge in [-0.3, -0.25) is 14.5 Å². The molecule has 0 atom stereocenters. The number of ether oxygens (including phenoxy) is 1. The van der Waals surface area contributed by atoms with Gasteiger partial charge in [0.05, 0.1) is 24.4 Å². The average Bonchev–Trinajstić information content (AvgIpc) is 3.02. The molecule has 2 heterocycles. The monoisotopic (exact) mass is 440 g/mol. The molecule has 7 nitrogen and oxygen atoms in total. The summed E-state index contributed by atoms with van der Waals surface area (Å²) in [6, 6.07) is 6.04. The Morgan fingerprint density at radius 2 is 1.93 bits per heavy atom. The maximum Gasteiger partial charge on any atom is 0.416 e. The van der Waals surface area contributed by atoms with E-state index in [2.05, 4.69) is 10.1 Å². The molecular weight excluding hydrogens is 421 g/mol. The van der Waals surface area contributed by atoms with Crippen molar-refractivity contribution in [2.24, 2.45) is 0 Å². The number of hydrogen-bond donors (Lipinski definition) is 0. The lowest BCUT2D eigenvalue weighted by atomic mass is 10.1. The number of fused-ring (bicyclic) bond motifs is 1. The zero-order valence-electron chi connectivity index (χ0n) is 16.3. The lowest BCUT2D eigenvalue weighted by Crippen LogP contribution is -2.31. The molecule has 0 unspecified atom stereocenters. The lowest BCUT2D eigenvalue weighted by Gasteiger charge is -2.21. The van der Waals surface area contributed by atoms with Gasteiger partial charge >= 0.3 is 12.1 Å². The summed E-state index contributed by atoms with van der Waals surface area (Å²) in [4.78, 5) is 30.8. The number of aryl methyl sites for hydroxylation is 1. The molecule has 0 aliphatic rings. The first-order chi connectivity index (χ1) is 14.2. The van der Waals surface area contributed by atoms with Crippen molar-refractivity contribution in [2.45, 2.75) is 33.1 Å². The van der Waals surface area contributed by atoms with E-state index in [1.807, 2.05) is 0 Å². The van der Waals surface area contributed by atoms with E-state index in [1.165, 1.54) is 34.1 Å². The summed E-state index contributed by atoms with van der Waals surface area (Å²) >= 11 is 1.26. The molecule has 3 rings (SSSR count). The number of carbonyl (C=O) groups is 1. The van der Waals surface area contributed by atoms with Gasteiger partial charge < -0.3 is 4.74 Å². The van der Waals surface area contributed by atoms with Crippen LogP contribution in [0.4, 0.5) is 13.2 Å². The van der Waals surface area contributed by atoms with Gasteiger partial charge in [0.2, 0.25) is 4.96 Å². The highest BCUT2D eigenvalue weighted by Crippen LogP contribution is 2.29. The van der Waals surface area contributed by atoms with E-state index in [4.69, 9.17) is 4.74 Å². The molecule has 2 aromatic heterocycles. The van der Waals surface area contributed by atoms with Crippen LogP contribution in [0.1, 0.15) is 28.8 Å². The van der Waals surface area contributed by atoms with Gasteiger partial charge in [0.25, 0.3) is 5.56 Å². The second-order valence-corrected chi connectivity index (χ2v) is 7.71. The van der Waals surface area contributed by atoms with Gasteiger partial charge in [-0.15, -0.1) is 0 Å². The third kappa shape index (κ3) is 5.42. The summed E-state index contributed by atoms with van der Waals surface area (Å²) < 4.78 is 44.5. The summed E-state index contributed by atoms with van der Waals surface area (Å²) in [5, 5.41) is 4.77. The van der Waals surface area contributed by atoms with Crippen molar-refractivity contribution in [3.63, 3.8) is 0 Å². The summed E-state index contributed by atoms with van der Waals surface area (Å²) in [7, 11) is 0. The van der Waals surface area contributed by atoms with Crippen LogP contribution in [0.5, 0.6) is 0 Å². The fraction of sp³-hybridized carbons (Fsp3) is 0.368. The summed E-state index contributed by atoms with van der Waals surface area (Å²) in [5.74, 6) is -0.476. The van der Waals surface area contributed by atoms with Gasteiger partial charge in [-0.1, -0.05) is 23.5 Å². The Bertz CT molecular complexity index is 1090.